The van der Waals surface area contributed by atoms with Gasteiger partial charge in [0.1, 0.15) is 5.82 Å². The lowest BCUT2D eigenvalue weighted by atomic mass is 9.99. The molecule has 14 heavy (non-hydrogen) atoms. The van der Waals surface area contributed by atoms with Crippen molar-refractivity contribution < 1.29 is 14.2 Å². The molecule has 0 bridgehead atoms. The summed E-state index contributed by atoms with van der Waals surface area (Å²) in [6.07, 6.45) is 0.918. The van der Waals surface area contributed by atoms with Crippen LogP contribution in [0, 0.1) is 5.82 Å². The molecular weight excluding hydrogens is 183 g/mol. The lowest BCUT2D eigenvalue weighted by Gasteiger charge is -2.26. The fourth-order valence-corrected chi connectivity index (χ4v) is 1.69. The average molecular weight is 196 g/mol. The maximum atomic E-state index is 12.6. The van der Waals surface area contributed by atoms with E-state index in [0.717, 1.165) is 5.56 Å². The summed E-state index contributed by atoms with van der Waals surface area (Å²) < 4.78 is 18.1. The molecule has 1 fully saturated rings. The van der Waals surface area contributed by atoms with Crippen LogP contribution < -0.4 is 0 Å². The van der Waals surface area contributed by atoms with E-state index in [1.54, 1.807) is 12.1 Å². The van der Waals surface area contributed by atoms with Crippen molar-refractivity contribution in [2.24, 2.45) is 0 Å². The van der Waals surface area contributed by atoms with Crippen LogP contribution in [-0.4, -0.2) is 17.8 Å². The maximum Gasteiger partial charge on any atom is 0.123 e. The van der Waals surface area contributed by atoms with Gasteiger partial charge in [0.25, 0.3) is 0 Å². The highest BCUT2D eigenvalue weighted by molar-refractivity contribution is 5.19. The second-order valence-electron chi connectivity index (χ2n) is 3.59. The third kappa shape index (κ3) is 2.11. The number of rotatable bonds is 1. The van der Waals surface area contributed by atoms with Gasteiger partial charge >= 0.3 is 0 Å². The Morgan fingerprint density at radius 1 is 1.29 bits per heavy atom. The number of aliphatic hydroxyl groups is 1. The first-order valence-corrected chi connectivity index (χ1v) is 4.81. The van der Waals surface area contributed by atoms with E-state index in [1.165, 1.54) is 12.1 Å². The van der Waals surface area contributed by atoms with Crippen LogP contribution in [0.1, 0.15) is 24.5 Å². The summed E-state index contributed by atoms with van der Waals surface area (Å²) >= 11 is 0. The molecule has 1 saturated heterocycles. The number of halogens is 1. The van der Waals surface area contributed by atoms with Gasteiger partial charge in [0.05, 0.1) is 12.2 Å². The van der Waals surface area contributed by atoms with Crippen molar-refractivity contribution in [3.8, 4) is 0 Å². The van der Waals surface area contributed by atoms with E-state index in [0.29, 0.717) is 19.4 Å². The van der Waals surface area contributed by atoms with Crippen LogP contribution in [0.25, 0.3) is 0 Å². The van der Waals surface area contributed by atoms with Crippen molar-refractivity contribution in [1.29, 1.82) is 0 Å². The van der Waals surface area contributed by atoms with Gasteiger partial charge in [0.15, 0.2) is 0 Å². The zero-order valence-electron chi connectivity index (χ0n) is 7.82. The number of hydrogen-bond donors (Lipinski definition) is 1. The fraction of sp³-hybridized carbons (Fsp3) is 0.455. The standard InChI is InChI=1S/C11H13FO2/c12-9-3-1-8(2-4-9)11-7-10(13)5-6-14-11/h1-4,10-11,13H,5-7H2/t10-,11-/m1/s1. The quantitative estimate of drug-likeness (QED) is 0.744. The summed E-state index contributed by atoms with van der Waals surface area (Å²) in [4.78, 5) is 0. The fourth-order valence-electron chi connectivity index (χ4n) is 1.69. The Balaban J connectivity index is 2.10. The number of aliphatic hydroxyl groups excluding tert-OH is 1. The average Bonchev–Trinajstić information content (AvgIpc) is 2.19. The predicted molar refractivity (Wildman–Crippen MR) is 50.3 cm³/mol. The molecule has 0 aliphatic carbocycles. The molecule has 1 aliphatic rings. The van der Waals surface area contributed by atoms with Gasteiger partial charge in [-0.2, -0.15) is 0 Å². The molecule has 0 aromatic heterocycles. The van der Waals surface area contributed by atoms with Gasteiger partial charge in [0, 0.05) is 13.0 Å². The lowest BCUT2D eigenvalue weighted by Crippen LogP contribution is -2.23. The van der Waals surface area contributed by atoms with Crippen LogP contribution >= 0.6 is 0 Å². The summed E-state index contributed by atoms with van der Waals surface area (Å²) in [5, 5.41) is 9.44. The molecule has 0 saturated carbocycles. The first-order chi connectivity index (χ1) is 6.75. The predicted octanol–water partition coefficient (Wildman–Crippen LogP) is 2.04. The van der Waals surface area contributed by atoms with E-state index in [9.17, 15) is 9.50 Å². The zero-order valence-corrected chi connectivity index (χ0v) is 7.82. The minimum atomic E-state index is -0.293. The van der Waals surface area contributed by atoms with E-state index >= 15 is 0 Å². The normalized spacial score (nSPS) is 27.6. The Morgan fingerprint density at radius 3 is 2.64 bits per heavy atom. The van der Waals surface area contributed by atoms with Crippen molar-refractivity contribution in [1.82, 2.24) is 0 Å². The minimum Gasteiger partial charge on any atom is -0.393 e. The zero-order chi connectivity index (χ0) is 9.97. The monoisotopic (exact) mass is 196 g/mol. The Labute approximate surface area is 82.3 Å². The largest absolute Gasteiger partial charge is 0.393 e. The van der Waals surface area contributed by atoms with Crippen molar-refractivity contribution >= 4 is 0 Å². The number of ether oxygens (including phenoxy) is 1. The summed E-state index contributed by atoms with van der Waals surface area (Å²) in [6, 6.07) is 6.25. The van der Waals surface area contributed by atoms with Crippen molar-refractivity contribution in [3.05, 3.63) is 35.6 Å². The smallest absolute Gasteiger partial charge is 0.123 e. The molecule has 2 atom stereocenters. The third-order valence-corrected chi connectivity index (χ3v) is 2.50. The molecule has 3 heteroatoms. The molecule has 1 aromatic carbocycles. The van der Waals surface area contributed by atoms with Crippen molar-refractivity contribution in [2.45, 2.75) is 25.0 Å². The van der Waals surface area contributed by atoms with Crippen LogP contribution in [0.2, 0.25) is 0 Å². The molecular formula is C11H13FO2. The Kier molecular flexibility index (Phi) is 2.79. The van der Waals surface area contributed by atoms with Gasteiger partial charge in [-0.15, -0.1) is 0 Å². The topological polar surface area (TPSA) is 29.5 Å². The highest BCUT2D eigenvalue weighted by Crippen LogP contribution is 2.27. The van der Waals surface area contributed by atoms with Crippen LogP contribution in [0.15, 0.2) is 24.3 Å². The minimum absolute atomic E-state index is 0.0839. The molecule has 0 amide bonds. The van der Waals surface area contributed by atoms with Gasteiger partial charge in [-0.3, -0.25) is 0 Å². The van der Waals surface area contributed by atoms with E-state index in [2.05, 4.69) is 0 Å². The molecule has 0 spiro atoms. The number of hydrogen-bond acceptors (Lipinski definition) is 2. The SMILES string of the molecule is O[C@@H]1CCO[C@@H](c2ccc(F)cc2)C1. The van der Waals surface area contributed by atoms with Crippen LogP contribution in [0.3, 0.4) is 0 Å². The molecule has 1 aromatic rings. The molecule has 2 rings (SSSR count). The van der Waals surface area contributed by atoms with Gasteiger partial charge < -0.3 is 9.84 Å². The van der Waals surface area contributed by atoms with Gasteiger partial charge in [-0.25, -0.2) is 4.39 Å². The van der Waals surface area contributed by atoms with Gasteiger partial charge in [-0.1, -0.05) is 12.1 Å². The molecule has 0 unspecified atom stereocenters. The highest BCUT2D eigenvalue weighted by Gasteiger charge is 2.21. The van der Waals surface area contributed by atoms with E-state index in [4.69, 9.17) is 4.74 Å². The number of benzene rings is 1. The summed E-state index contributed by atoms with van der Waals surface area (Å²) in [6.45, 7) is 0.573. The molecule has 1 N–H and O–H groups in total. The van der Waals surface area contributed by atoms with E-state index in [1.807, 2.05) is 0 Å². The highest BCUT2D eigenvalue weighted by atomic mass is 19.1. The molecule has 0 radical (unpaired) electrons. The molecule has 1 heterocycles. The molecule has 76 valence electrons. The first-order valence-electron chi connectivity index (χ1n) is 4.81. The first kappa shape index (κ1) is 9.62. The third-order valence-electron chi connectivity index (χ3n) is 2.50. The summed E-state index contributed by atoms with van der Waals surface area (Å²) in [5.41, 5.74) is 0.935. The molecule has 1 aliphatic heterocycles. The van der Waals surface area contributed by atoms with E-state index in [-0.39, 0.29) is 18.0 Å². The lowest BCUT2D eigenvalue weighted by molar-refractivity contribution is -0.0448. The second kappa shape index (κ2) is 4.07. The van der Waals surface area contributed by atoms with Crippen molar-refractivity contribution in [3.63, 3.8) is 0 Å². The van der Waals surface area contributed by atoms with E-state index < -0.39 is 0 Å². The van der Waals surface area contributed by atoms with Crippen LogP contribution in [0.5, 0.6) is 0 Å². The van der Waals surface area contributed by atoms with Gasteiger partial charge in [-0.05, 0) is 24.1 Å². The Hall–Kier alpha value is -0.930. The Morgan fingerprint density at radius 2 is 2.00 bits per heavy atom. The van der Waals surface area contributed by atoms with Crippen molar-refractivity contribution in [2.75, 3.05) is 6.61 Å². The van der Waals surface area contributed by atoms with Crippen LogP contribution in [-0.2, 0) is 4.74 Å². The molecule has 2 nitrogen and oxygen atoms in total. The van der Waals surface area contributed by atoms with Crippen LogP contribution in [0.4, 0.5) is 4.39 Å². The summed E-state index contributed by atoms with van der Waals surface area (Å²) in [7, 11) is 0. The maximum absolute atomic E-state index is 12.6. The summed E-state index contributed by atoms with van der Waals surface area (Å²) in [5.74, 6) is -0.245. The second-order valence-corrected chi connectivity index (χ2v) is 3.59. The van der Waals surface area contributed by atoms with Gasteiger partial charge in [0.2, 0.25) is 0 Å². The Bertz CT molecular complexity index is 297.